The maximum Gasteiger partial charge on any atom is 0.323 e. The number of pyridine rings is 1. The van der Waals surface area contributed by atoms with Gasteiger partial charge in [-0.25, -0.2) is 0 Å². The Kier molecular flexibility index (Phi) is 5.23. The molecule has 3 aromatic rings. The van der Waals surface area contributed by atoms with Crippen molar-refractivity contribution in [2.24, 2.45) is 5.92 Å². The van der Waals surface area contributed by atoms with Crippen molar-refractivity contribution in [1.29, 1.82) is 0 Å². The first-order valence-corrected chi connectivity index (χ1v) is 10.8. The summed E-state index contributed by atoms with van der Waals surface area (Å²) in [7, 11) is 0. The van der Waals surface area contributed by atoms with Gasteiger partial charge in [0, 0.05) is 48.0 Å². The molecule has 0 aliphatic carbocycles. The minimum Gasteiger partial charge on any atom is -0.464 e. The molecule has 2 aromatic heterocycles. The van der Waals surface area contributed by atoms with E-state index in [1.165, 1.54) is 0 Å². The summed E-state index contributed by atoms with van der Waals surface area (Å²) >= 11 is 5.98. The van der Waals surface area contributed by atoms with E-state index < -0.39 is 0 Å². The lowest BCUT2D eigenvalue weighted by Gasteiger charge is -2.42. The minimum absolute atomic E-state index is 0.0777. The Morgan fingerprint density at radius 2 is 1.94 bits per heavy atom. The van der Waals surface area contributed by atoms with Crippen LogP contribution in [0.2, 0.25) is 5.02 Å². The van der Waals surface area contributed by atoms with Crippen LogP contribution in [0.15, 0.2) is 47.3 Å². The van der Waals surface area contributed by atoms with Crippen molar-refractivity contribution in [2.45, 2.75) is 25.8 Å². The normalized spacial score (nSPS) is 19.6. The summed E-state index contributed by atoms with van der Waals surface area (Å²) in [6.45, 7) is 4.62. The Labute approximate surface area is 184 Å². The molecule has 2 bridgehead atoms. The number of benzene rings is 1. The summed E-state index contributed by atoms with van der Waals surface area (Å²) in [6.07, 6.45) is 1.07. The summed E-state index contributed by atoms with van der Waals surface area (Å²) in [6, 6.07) is 13.2. The zero-order valence-electron chi connectivity index (χ0n) is 17.2. The summed E-state index contributed by atoms with van der Waals surface area (Å²) in [5.41, 5.74) is 1.99. The molecule has 1 fully saturated rings. The molecule has 0 amide bonds. The van der Waals surface area contributed by atoms with E-state index in [9.17, 15) is 4.79 Å². The predicted octanol–water partition coefficient (Wildman–Crippen LogP) is 3.45. The largest absolute Gasteiger partial charge is 0.464 e. The molecule has 31 heavy (non-hydrogen) atoms. The highest BCUT2D eigenvalue weighted by molar-refractivity contribution is 6.30. The molecule has 5 rings (SSSR count). The highest BCUT2D eigenvalue weighted by Crippen LogP contribution is 2.36. The van der Waals surface area contributed by atoms with Crippen LogP contribution in [0, 0.1) is 5.92 Å². The van der Waals surface area contributed by atoms with Crippen LogP contribution in [0.1, 0.15) is 25.0 Å². The van der Waals surface area contributed by atoms with Crippen molar-refractivity contribution in [3.05, 3.63) is 63.5 Å². The van der Waals surface area contributed by atoms with Gasteiger partial charge in [0.2, 0.25) is 11.9 Å². The van der Waals surface area contributed by atoms with Gasteiger partial charge in [-0.15, -0.1) is 0 Å². The first-order valence-electron chi connectivity index (χ1n) is 10.4. The topological polar surface area (TPSA) is 85.2 Å². The Hall–Kier alpha value is -3.13. The van der Waals surface area contributed by atoms with Crippen LogP contribution in [0.5, 0.6) is 6.01 Å². The zero-order chi connectivity index (χ0) is 21.4. The van der Waals surface area contributed by atoms with Gasteiger partial charge in [-0.05, 0) is 49.6 Å². The average molecular weight is 439 g/mol. The van der Waals surface area contributed by atoms with Crippen molar-refractivity contribution >= 4 is 29.2 Å². The van der Waals surface area contributed by atoms with Gasteiger partial charge in [0.15, 0.2) is 0 Å². The summed E-state index contributed by atoms with van der Waals surface area (Å²) in [5, 5.41) is 3.87. The molecule has 0 saturated carbocycles. The Morgan fingerprint density at radius 1 is 1.10 bits per heavy atom. The lowest BCUT2D eigenvalue weighted by atomic mass is 9.83. The van der Waals surface area contributed by atoms with Gasteiger partial charge in [-0.3, -0.25) is 4.79 Å². The molecule has 4 heterocycles. The molecule has 2 unspecified atom stereocenters. The second kappa shape index (κ2) is 8.19. The predicted molar refractivity (Wildman–Crippen MR) is 119 cm³/mol. The van der Waals surface area contributed by atoms with Gasteiger partial charge in [0.25, 0.3) is 5.56 Å². The van der Waals surface area contributed by atoms with Crippen molar-refractivity contribution in [3.63, 3.8) is 0 Å². The number of aromatic nitrogens is 4. The van der Waals surface area contributed by atoms with E-state index in [0.29, 0.717) is 29.4 Å². The van der Waals surface area contributed by atoms with Gasteiger partial charge < -0.3 is 19.5 Å². The standard InChI is InChI=1S/C22H23ClN6O2/c1-2-31-22-26-20(24-17-8-6-16(23)7-9-17)25-21(27-22)28-11-14-10-15(13-28)18-4-3-5-19(30)29(18)12-14/h3-9,14-15H,2,10-13H2,1H3,(H,24,25,26,27). The number of anilines is 3. The number of hydrogen-bond acceptors (Lipinski definition) is 7. The fourth-order valence-electron chi connectivity index (χ4n) is 4.46. The highest BCUT2D eigenvalue weighted by Gasteiger charge is 2.35. The number of ether oxygens (including phenoxy) is 1. The second-order valence-electron chi connectivity index (χ2n) is 7.91. The number of nitrogens with zero attached hydrogens (tertiary/aromatic N) is 5. The summed E-state index contributed by atoms with van der Waals surface area (Å²) < 4.78 is 7.52. The molecule has 2 aliphatic rings. The van der Waals surface area contributed by atoms with E-state index >= 15 is 0 Å². The molecule has 160 valence electrons. The number of rotatable bonds is 5. The molecule has 1 aromatic carbocycles. The Balaban J connectivity index is 1.45. The third-order valence-electron chi connectivity index (χ3n) is 5.74. The number of halogens is 1. The molecule has 8 nitrogen and oxygen atoms in total. The number of hydrogen-bond donors (Lipinski definition) is 1. The van der Waals surface area contributed by atoms with Crippen LogP contribution in [0.3, 0.4) is 0 Å². The van der Waals surface area contributed by atoms with Gasteiger partial charge in [0.1, 0.15) is 0 Å². The molecule has 1 saturated heterocycles. The van der Waals surface area contributed by atoms with Gasteiger partial charge in [0.05, 0.1) is 6.61 Å². The molecule has 0 spiro atoms. The second-order valence-corrected chi connectivity index (χ2v) is 8.35. The van der Waals surface area contributed by atoms with E-state index in [4.69, 9.17) is 16.3 Å². The molecular formula is C22H23ClN6O2. The smallest absolute Gasteiger partial charge is 0.323 e. The fourth-order valence-corrected chi connectivity index (χ4v) is 4.58. The molecule has 9 heteroatoms. The Morgan fingerprint density at radius 3 is 2.74 bits per heavy atom. The number of fused-ring (bicyclic) bond motifs is 4. The minimum atomic E-state index is 0.0777. The van der Waals surface area contributed by atoms with Crippen LogP contribution in [-0.4, -0.2) is 39.2 Å². The quantitative estimate of drug-likeness (QED) is 0.652. The third kappa shape index (κ3) is 4.07. The SMILES string of the molecule is CCOc1nc(Nc2ccc(Cl)cc2)nc(N2CC3CC(C2)c2cccc(=O)n2C3)n1. The third-order valence-corrected chi connectivity index (χ3v) is 5.99. The van der Waals surface area contributed by atoms with Crippen LogP contribution in [0.4, 0.5) is 17.6 Å². The lowest BCUT2D eigenvalue weighted by Crippen LogP contribution is -2.47. The van der Waals surface area contributed by atoms with E-state index in [1.54, 1.807) is 18.2 Å². The molecule has 0 radical (unpaired) electrons. The van der Waals surface area contributed by atoms with Crippen LogP contribution < -0.4 is 20.5 Å². The van der Waals surface area contributed by atoms with Crippen molar-refractivity contribution in [1.82, 2.24) is 19.5 Å². The maximum absolute atomic E-state index is 12.3. The van der Waals surface area contributed by atoms with Crippen molar-refractivity contribution in [3.8, 4) is 6.01 Å². The van der Waals surface area contributed by atoms with Crippen molar-refractivity contribution < 1.29 is 4.74 Å². The monoisotopic (exact) mass is 438 g/mol. The molecular weight excluding hydrogens is 416 g/mol. The van der Waals surface area contributed by atoms with Crippen LogP contribution >= 0.6 is 11.6 Å². The van der Waals surface area contributed by atoms with Crippen LogP contribution in [-0.2, 0) is 6.54 Å². The van der Waals surface area contributed by atoms with E-state index in [1.807, 2.05) is 29.7 Å². The molecule has 2 aliphatic heterocycles. The van der Waals surface area contributed by atoms with E-state index in [-0.39, 0.29) is 17.5 Å². The number of piperidine rings is 1. The van der Waals surface area contributed by atoms with Gasteiger partial charge in [-0.1, -0.05) is 17.7 Å². The van der Waals surface area contributed by atoms with Crippen LogP contribution in [0.25, 0.3) is 0 Å². The zero-order valence-corrected chi connectivity index (χ0v) is 17.9. The first kappa shape index (κ1) is 19.8. The van der Waals surface area contributed by atoms with Gasteiger partial charge in [-0.2, -0.15) is 15.0 Å². The molecule has 2 atom stereocenters. The maximum atomic E-state index is 12.3. The Bertz CT molecular complexity index is 1150. The first-order chi connectivity index (χ1) is 15.1. The molecule has 1 N–H and O–H groups in total. The lowest BCUT2D eigenvalue weighted by molar-refractivity contribution is 0.277. The fraction of sp³-hybridized carbons (Fsp3) is 0.364. The average Bonchev–Trinajstić information content (AvgIpc) is 2.76. The van der Waals surface area contributed by atoms with E-state index in [2.05, 4.69) is 31.2 Å². The highest BCUT2D eigenvalue weighted by atomic mass is 35.5. The number of nitrogens with one attached hydrogen (secondary N) is 1. The summed E-state index contributed by atoms with van der Waals surface area (Å²) in [5.74, 6) is 1.63. The van der Waals surface area contributed by atoms with Crippen molar-refractivity contribution in [2.75, 3.05) is 29.9 Å². The van der Waals surface area contributed by atoms with E-state index in [0.717, 1.165) is 37.4 Å². The van der Waals surface area contributed by atoms with Gasteiger partial charge >= 0.3 is 6.01 Å². The summed E-state index contributed by atoms with van der Waals surface area (Å²) in [4.78, 5) is 28.1.